The van der Waals surface area contributed by atoms with E-state index in [1.807, 2.05) is 30.3 Å². The Morgan fingerprint density at radius 3 is 2.43 bits per heavy atom. The van der Waals surface area contributed by atoms with Crippen molar-refractivity contribution < 1.29 is 18.8 Å². The fourth-order valence-corrected chi connectivity index (χ4v) is 3.61. The number of benzene rings is 3. The van der Waals surface area contributed by atoms with Crippen LogP contribution < -0.4 is 10.2 Å². The predicted molar refractivity (Wildman–Crippen MR) is 106 cm³/mol. The Bertz CT molecular complexity index is 1320. The predicted octanol–water partition coefficient (Wildman–Crippen LogP) is 4.35. The lowest BCUT2D eigenvalue weighted by molar-refractivity contribution is -0.114. The van der Waals surface area contributed by atoms with Gasteiger partial charge in [0.05, 0.1) is 16.8 Å². The van der Waals surface area contributed by atoms with Crippen LogP contribution in [-0.2, 0) is 4.79 Å². The Morgan fingerprint density at radius 2 is 1.61 bits per heavy atom. The lowest BCUT2D eigenvalue weighted by atomic mass is 10.1. The first-order valence-electron chi connectivity index (χ1n) is 8.74. The second-order valence-electron chi connectivity index (χ2n) is 6.67. The van der Waals surface area contributed by atoms with Gasteiger partial charge in [-0.3, -0.25) is 14.4 Å². The molecule has 28 heavy (non-hydrogen) atoms. The van der Waals surface area contributed by atoms with Crippen molar-refractivity contribution in [1.82, 2.24) is 0 Å². The molecule has 0 bridgehead atoms. The molecule has 3 aromatic carbocycles. The highest BCUT2D eigenvalue weighted by molar-refractivity contribution is 6.35. The Kier molecular flexibility index (Phi) is 3.36. The number of carbonyl (C=O) groups is 3. The van der Waals surface area contributed by atoms with Gasteiger partial charge in [0.15, 0.2) is 0 Å². The fraction of sp³-hybridized carbons (Fsp3) is 0.0455. The highest BCUT2D eigenvalue weighted by Crippen LogP contribution is 2.35. The number of hydrogen-bond acceptors (Lipinski definition) is 4. The largest absolute Gasteiger partial charge is 0.456 e. The van der Waals surface area contributed by atoms with Crippen molar-refractivity contribution in [3.8, 4) is 0 Å². The number of nitrogens with zero attached hydrogens (tertiary/aromatic N) is 1. The van der Waals surface area contributed by atoms with E-state index in [-0.39, 0.29) is 11.5 Å². The number of rotatable bonds is 2. The summed E-state index contributed by atoms with van der Waals surface area (Å²) in [6.07, 6.45) is 0. The van der Waals surface area contributed by atoms with E-state index in [9.17, 15) is 14.4 Å². The highest BCUT2D eigenvalue weighted by atomic mass is 16.3. The van der Waals surface area contributed by atoms with Gasteiger partial charge in [0.1, 0.15) is 11.2 Å². The maximum absolute atomic E-state index is 12.9. The third-order valence-corrected chi connectivity index (χ3v) is 4.83. The molecule has 5 rings (SSSR count). The van der Waals surface area contributed by atoms with Gasteiger partial charge in [0, 0.05) is 29.4 Å². The quantitative estimate of drug-likeness (QED) is 0.532. The Morgan fingerprint density at radius 1 is 0.857 bits per heavy atom. The number of para-hydroxylation sites is 1. The van der Waals surface area contributed by atoms with Gasteiger partial charge >= 0.3 is 0 Å². The Hall–Kier alpha value is -3.93. The number of amides is 3. The summed E-state index contributed by atoms with van der Waals surface area (Å²) in [4.78, 5) is 38.1. The molecule has 6 heteroatoms. The first kappa shape index (κ1) is 16.3. The standard InChI is InChI=1S/C22H14N2O4/c1-12(25)23-13-6-8-17-18(10-13)22(27)24(21(17)26)14-7-9-16-15-4-2-3-5-19(15)28-20(16)11-14/h2-11H,1H3,(H,23,25). The number of furan rings is 1. The Labute approximate surface area is 159 Å². The molecule has 0 aliphatic carbocycles. The van der Waals surface area contributed by atoms with Gasteiger partial charge in [0.2, 0.25) is 5.91 Å². The van der Waals surface area contributed by atoms with Crippen LogP contribution in [0.1, 0.15) is 27.6 Å². The highest BCUT2D eigenvalue weighted by Gasteiger charge is 2.37. The third kappa shape index (κ3) is 2.31. The van der Waals surface area contributed by atoms with E-state index in [1.165, 1.54) is 13.0 Å². The van der Waals surface area contributed by atoms with Crippen molar-refractivity contribution in [1.29, 1.82) is 0 Å². The van der Waals surface area contributed by atoms with Gasteiger partial charge in [-0.1, -0.05) is 18.2 Å². The topological polar surface area (TPSA) is 79.6 Å². The van der Waals surface area contributed by atoms with Crippen molar-refractivity contribution in [2.75, 3.05) is 10.2 Å². The molecule has 0 radical (unpaired) electrons. The summed E-state index contributed by atoms with van der Waals surface area (Å²) in [7, 11) is 0. The van der Waals surface area contributed by atoms with Crippen molar-refractivity contribution in [2.24, 2.45) is 0 Å². The molecule has 1 aromatic heterocycles. The molecular formula is C22H14N2O4. The molecule has 136 valence electrons. The summed E-state index contributed by atoms with van der Waals surface area (Å²) in [5.41, 5.74) is 2.84. The van der Waals surface area contributed by atoms with Gasteiger partial charge < -0.3 is 9.73 Å². The maximum Gasteiger partial charge on any atom is 0.266 e. The molecule has 0 fully saturated rings. The van der Waals surface area contributed by atoms with Crippen LogP contribution in [0, 0.1) is 0 Å². The van der Waals surface area contributed by atoms with Crippen molar-refractivity contribution >= 4 is 51.0 Å². The summed E-state index contributed by atoms with van der Waals surface area (Å²) >= 11 is 0. The van der Waals surface area contributed by atoms with E-state index in [0.717, 1.165) is 21.3 Å². The summed E-state index contributed by atoms with van der Waals surface area (Å²) in [6, 6.07) is 17.6. The molecule has 3 amide bonds. The zero-order valence-electron chi connectivity index (χ0n) is 14.9. The fourth-order valence-electron chi connectivity index (χ4n) is 3.61. The minimum Gasteiger partial charge on any atom is -0.456 e. The van der Waals surface area contributed by atoms with Crippen LogP contribution in [0.15, 0.2) is 65.1 Å². The number of fused-ring (bicyclic) bond motifs is 4. The minimum absolute atomic E-state index is 0.246. The maximum atomic E-state index is 12.9. The van der Waals surface area contributed by atoms with Gasteiger partial charge in [-0.25, -0.2) is 4.90 Å². The average Bonchev–Trinajstić information content (AvgIpc) is 3.16. The lowest BCUT2D eigenvalue weighted by Gasteiger charge is -2.13. The molecule has 6 nitrogen and oxygen atoms in total. The zero-order chi connectivity index (χ0) is 19.4. The van der Waals surface area contributed by atoms with E-state index in [4.69, 9.17) is 4.42 Å². The number of nitrogens with one attached hydrogen (secondary N) is 1. The molecule has 0 unspecified atom stereocenters. The molecule has 1 aliphatic rings. The van der Waals surface area contributed by atoms with E-state index in [1.54, 1.807) is 24.3 Å². The number of anilines is 2. The summed E-state index contributed by atoms with van der Waals surface area (Å²) in [5, 5.41) is 4.53. The van der Waals surface area contributed by atoms with Gasteiger partial charge in [-0.15, -0.1) is 0 Å². The van der Waals surface area contributed by atoms with E-state index >= 15 is 0 Å². The van der Waals surface area contributed by atoms with Crippen LogP contribution in [0.25, 0.3) is 21.9 Å². The number of imide groups is 1. The van der Waals surface area contributed by atoms with Gasteiger partial charge in [-0.05, 0) is 36.4 Å². The van der Waals surface area contributed by atoms with Gasteiger partial charge in [-0.2, -0.15) is 0 Å². The third-order valence-electron chi connectivity index (χ3n) is 4.83. The molecule has 0 saturated heterocycles. The zero-order valence-corrected chi connectivity index (χ0v) is 14.9. The van der Waals surface area contributed by atoms with Crippen LogP contribution in [0.5, 0.6) is 0 Å². The second-order valence-corrected chi connectivity index (χ2v) is 6.67. The molecule has 1 aliphatic heterocycles. The van der Waals surface area contributed by atoms with Crippen molar-refractivity contribution in [3.05, 3.63) is 71.8 Å². The second kappa shape index (κ2) is 5.79. The van der Waals surface area contributed by atoms with Crippen molar-refractivity contribution in [2.45, 2.75) is 6.92 Å². The summed E-state index contributed by atoms with van der Waals surface area (Å²) in [6.45, 7) is 1.38. The number of carbonyl (C=O) groups excluding carboxylic acids is 3. The minimum atomic E-state index is -0.428. The van der Waals surface area contributed by atoms with Crippen LogP contribution in [0.4, 0.5) is 11.4 Å². The smallest absolute Gasteiger partial charge is 0.266 e. The average molecular weight is 370 g/mol. The molecular weight excluding hydrogens is 356 g/mol. The van der Waals surface area contributed by atoms with E-state index in [0.29, 0.717) is 22.5 Å². The monoisotopic (exact) mass is 370 g/mol. The first-order chi connectivity index (χ1) is 13.5. The first-order valence-corrected chi connectivity index (χ1v) is 8.74. The molecule has 0 atom stereocenters. The van der Waals surface area contributed by atoms with Crippen molar-refractivity contribution in [3.63, 3.8) is 0 Å². The molecule has 4 aromatic rings. The normalized spacial score (nSPS) is 13.4. The van der Waals surface area contributed by atoms with Gasteiger partial charge in [0.25, 0.3) is 11.8 Å². The lowest BCUT2D eigenvalue weighted by Crippen LogP contribution is -2.29. The van der Waals surface area contributed by atoms with Crippen LogP contribution >= 0.6 is 0 Å². The van der Waals surface area contributed by atoms with Crippen LogP contribution in [0.3, 0.4) is 0 Å². The SMILES string of the molecule is CC(=O)Nc1ccc2c(c1)C(=O)N(c1ccc3c(c1)oc1ccccc13)C2=O. The summed E-state index contributed by atoms with van der Waals surface area (Å²) < 4.78 is 5.87. The molecule has 1 N–H and O–H groups in total. The Balaban J connectivity index is 1.59. The molecule has 2 heterocycles. The van der Waals surface area contributed by atoms with E-state index in [2.05, 4.69) is 5.32 Å². The van der Waals surface area contributed by atoms with E-state index < -0.39 is 11.8 Å². The molecule has 0 saturated carbocycles. The number of hydrogen-bond donors (Lipinski definition) is 1. The van der Waals surface area contributed by atoms with Crippen LogP contribution in [0.2, 0.25) is 0 Å². The summed E-state index contributed by atoms with van der Waals surface area (Å²) in [5.74, 6) is -1.07. The van der Waals surface area contributed by atoms with Crippen LogP contribution in [-0.4, -0.2) is 17.7 Å². The molecule has 0 spiro atoms.